The first-order valence-electron chi connectivity index (χ1n) is 11.7. The number of rotatable bonds is 5. The van der Waals surface area contributed by atoms with E-state index in [1.165, 1.54) is 7.11 Å². The van der Waals surface area contributed by atoms with Crippen molar-refractivity contribution in [2.75, 3.05) is 58.5 Å². The molecule has 182 valence electrons. The normalized spacial score (nSPS) is 24.0. The van der Waals surface area contributed by atoms with Crippen molar-refractivity contribution in [3.05, 3.63) is 35.5 Å². The van der Waals surface area contributed by atoms with Gasteiger partial charge in [0.15, 0.2) is 5.82 Å². The number of aryl methyl sites for hydroxylation is 1. The third-order valence-electron chi connectivity index (χ3n) is 6.84. The van der Waals surface area contributed by atoms with Gasteiger partial charge in [-0.25, -0.2) is 9.07 Å². The van der Waals surface area contributed by atoms with Crippen LogP contribution in [0.1, 0.15) is 23.5 Å². The fourth-order valence-corrected chi connectivity index (χ4v) is 4.99. The quantitative estimate of drug-likeness (QED) is 0.607. The van der Waals surface area contributed by atoms with E-state index in [4.69, 9.17) is 9.47 Å². The number of likely N-dealkylation sites (tertiary alicyclic amines) is 1. The van der Waals surface area contributed by atoms with Crippen LogP contribution < -0.4 is 9.64 Å². The van der Waals surface area contributed by atoms with Crippen molar-refractivity contribution in [1.82, 2.24) is 24.6 Å². The minimum atomic E-state index is -0.905. The van der Waals surface area contributed by atoms with Gasteiger partial charge in [0, 0.05) is 37.0 Å². The highest BCUT2D eigenvalue weighted by molar-refractivity contribution is 5.82. The van der Waals surface area contributed by atoms with Crippen LogP contribution in [0, 0.1) is 6.92 Å². The van der Waals surface area contributed by atoms with Crippen molar-refractivity contribution in [2.24, 2.45) is 0 Å². The van der Waals surface area contributed by atoms with Crippen LogP contribution in [0.2, 0.25) is 0 Å². The van der Waals surface area contributed by atoms with E-state index in [0.717, 1.165) is 35.0 Å². The molecule has 0 radical (unpaired) electrons. The van der Waals surface area contributed by atoms with Crippen LogP contribution in [-0.4, -0.2) is 95.6 Å². The Morgan fingerprint density at radius 3 is 2.76 bits per heavy atom. The zero-order chi connectivity index (χ0) is 23.8. The number of morpholine rings is 1. The Hall–Kier alpha value is -2.82. The smallest absolute Gasteiger partial charge is 0.320 e. The lowest BCUT2D eigenvalue weighted by atomic mass is 9.85. The minimum absolute atomic E-state index is 0.0516. The van der Waals surface area contributed by atoms with Gasteiger partial charge in [-0.1, -0.05) is 0 Å². The molecule has 9 nitrogen and oxygen atoms in total. The largest absolute Gasteiger partial charge is 0.467 e. The van der Waals surface area contributed by atoms with Crippen LogP contribution in [-0.2, 0) is 4.74 Å². The van der Waals surface area contributed by atoms with Crippen LogP contribution in [0.5, 0.6) is 6.01 Å². The predicted molar refractivity (Wildman–Crippen MR) is 127 cm³/mol. The molecule has 3 aromatic rings. The summed E-state index contributed by atoms with van der Waals surface area (Å²) >= 11 is 0. The second-order valence-corrected chi connectivity index (χ2v) is 9.19. The van der Waals surface area contributed by atoms with Gasteiger partial charge in [0.25, 0.3) is 0 Å². The number of anilines is 1. The molecule has 2 aliphatic rings. The molecule has 4 heterocycles. The Balaban J connectivity index is 1.55. The highest BCUT2D eigenvalue weighted by Crippen LogP contribution is 2.35. The second kappa shape index (κ2) is 9.44. The Morgan fingerprint density at radius 1 is 1.18 bits per heavy atom. The van der Waals surface area contributed by atoms with Gasteiger partial charge in [-0.2, -0.15) is 15.1 Å². The summed E-state index contributed by atoms with van der Waals surface area (Å²) in [5.74, 6) is 1.11. The molecule has 0 saturated carbocycles. The monoisotopic (exact) mass is 470 g/mol. The van der Waals surface area contributed by atoms with E-state index in [9.17, 15) is 9.50 Å². The number of alkyl halides is 1. The maximum Gasteiger partial charge on any atom is 0.320 e. The molecule has 3 unspecified atom stereocenters. The number of hydrogen-bond donors (Lipinski definition) is 1. The number of benzene rings is 1. The van der Waals surface area contributed by atoms with Gasteiger partial charge in [-0.3, -0.25) is 0 Å². The Kier molecular flexibility index (Phi) is 6.37. The summed E-state index contributed by atoms with van der Waals surface area (Å²) in [7, 11) is 3.49. The number of aliphatic hydroxyl groups is 1. The summed E-state index contributed by atoms with van der Waals surface area (Å²) in [5.41, 5.74) is 2.97. The molecule has 3 atom stereocenters. The highest BCUT2D eigenvalue weighted by atomic mass is 19.1. The van der Waals surface area contributed by atoms with Gasteiger partial charge in [0.1, 0.15) is 12.0 Å². The third kappa shape index (κ3) is 4.33. The average Bonchev–Trinajstić information content (AvgIpc) is 3.26. The van der Waals surface area contributed by atoms with E-state index < -0.39 is 6.17 Å². The number of ether oxygens (including phenoxy) is 2. The summed E-state index contributed by atoms with van der Waals surface area (Å²) in [4.78, 5) is 13.2. The zero-order valence-electron chi connectivity index (χ0n) is 19.8. The Labute approximate surface area is 198 Å². The lowest BCUT2D eigenvalue weighted by molar-refractivity contribution is 0.00333. The standard InChI is InChI=1S/C24H31FN6O3/c1-15-8-16-11-26-31(21(16)9-19(15)18-4-5-29(2)13-20(18)25)23-10-22(27-24(28-23)33-3)30-6-7-34-17(12-30)14-32/h8-11,17-18,20,32H,4-7,12-14H2,1-3H3. The average molecular weight is 471 g/mol. The van der Waals surface area contributed by atoms with Gasteiger partial charge in [0.05, 0.1) is 38.1 Å². The van der Waals surface area contributed by atoms with Crippen molar-refractivity contribution in [3.8, 4) is 11.8 Å². The van der Waals surface area contributed by atoms with E-state index in [1.807, 2.05) is 29.8 Å². The van der Waals surface area contributed by atoms with E-state index in [-0.39, 0.29) is 24.6 Å². The fraction of sp³-hybridized carbons (Fsp3) is 0.542. The van der Waals surface area contributed by atoms with Crippen molar-refractivity contribution >= 4 is 16.7 Å². The number of aromatic nitrogens is 4. The van der Waals surface area contributed by atoms with E-state index in [2.05, 4.69) is 27.2 Å². The van der Waals surface area contributed by atoms with Gasteiger partial charge < -0.3 is 24.4 Å². The van der Waals surface area contributed by atoms with Crippen LogP contribution in [0.15, 0.2) is 24.4 Å². The predicted octanol–water partition coefficient (Wildman–Crippen LogP) is 2.09. The van der Waals surface area contributed by atoms with E-state index in [0.29, 0.717) is 37.9 Å². The number of methoxy groups -OCH3 is 1. The molecule has 1 aromatic carbocycles. The summed E-state index contributed by atoms with van der Waals surface area (Å²) in [6, 6.07) is 6.23. The second-order valence-electron chi connectivity index (χ2n) is 9.19. The van der Waals surface area contributed by atoms with Crippen molar-refractivity contribution in [2.45, 2.75) is 31.5 Å². The molecule has 2 fully saturated rings. The molecular formula is C24H31FN6O3. The number of fused-ring (bicyclic) bond motifs is 1. The Bertz CT molecular complexity index is 1170. The number of nitrogens with zero attached hydrogens (tertiary/aromatic N) is 6. The van der Waals surface area contributed by atoms with Crippen LogP contribution in [0.25, 0.3) is 16.7 Å². The molecule has 0 spiro atoms. The summed E-state index contributed by atoms with van der Waals surface area (Å²) in [5, 5.41) is 15.1. The van der Waals surface area contributed by atoms with E-state index >= 15 is 0 Å². The Morgan fingerprint density at radius 2 is 2.00 bits per heavy atom. The maximum atomic E-state index is 15.0. The molecular weight excluding hydrogens is 439 g/mol. The first kappa shape index (κ1) is 22.9. The first-order chi connectivity index (χ1) is 16.5. The van der Waals surface area contributed by atoms with Crippen LogP contribution >= 0.6 is 0 Å². The lowest BCUT2D eigenvalue weighted by Crippen LogP contribution is -2.44. The molecule has 2 aliphatic heterocycles. The third-order valence-corrected chi connectivity index (χ3v) is 6.84. The van der Waals surface area contributed by atoms with Gasteiger partial charge in [-0.15, -0.1) is 0 Å². The molecule has 10 heteroatoms. The number of hydrogen-bond acceptors (Lipinski definition) is 8. The highest BCUT2D eigenvalue weighted by Gasteiger charge is 2.30. The van der Waals surface area contributed by atoms with Crippen molar-refractivity contribution in [1.29, 1.82) is 0 Å². The molecule has 34 heavy (non-hydrogen) atoms. The summed E-state index contributed by atoms with van der Waals surface area (Å²) in [6.07, 6.45) is 1.42. The minimum Gasteiger partial charge on any atom is -0.467 e. The molecule has 1 N–H and O–H groups in total. The number of aliphatic hydroxyl groups excluding tert-OH is 1. The SMILES string of the molecule is COc1nc(N2CCOC(CO)C2)cc(-n2ncc3cc(C)c(C4CCN(C)CC4F)cc32)n1. The molecule has 0 aliphatic carbocycles. The van der Waals surface area contributed by atoms with Crippen molar-refractivity contribution in [3.63, 3.8) is 0 Å². The molecule has 5 rings (SSSR count). The maximum absolute atomic E-state index is 15.0. The van der Waals surface area contributed by atoms with Crippen LogP contribution in [0.3, 0.4) is 0 Å². The van der Waals surface area contributed by atoms with E-state index in [1.54, 1.807) is 10.9 Å². The first-order valence-corrected chi connectivity index (χ1v) is 11.7. The van der Waals surface area contributed by atoms with Crippen LogP contribution in [0.4, 0.5) is 10.2 Å². The summed E-state index contributed by atoms with van der Waals surface area (Å²) in [6.45, 7) is 4.98. The molecule has 2 aromatic heterocycles. The molecule has 2 saturated heterocycles. The fourth-order valence-electron chi connectivity index (χ4n) is 4.99. The zero-order valence-corrected chi connectivity index (χ0v) is 19.8. The van der Waals surface area contributed by atoms with Gasteiger partial charge in [-0.05, 0) is 50.2 Å². The molecule has 0 bridgehead atoms. The number of halogens is 1. The van der Waals surface area contributed by atoms with Crippen molar-refractivity contribution < 1.29 is 19.0 Å². The van der Waals surface area contributed by atoms with Gasteiger partial charge in [0.2, 0.25) is 0 Å². The van der Waals surface area contributed by atoms with Gasteiger partial charge >= 0.3 is 6.01 Å². The number of piperidine rings is 1. The molecule has 0 amide bonds. The topological polar surface area (TPSA) is 88.8 Å². The summed E-state index contributed by atoms with van der Waals surface area (Å²) < 4.78 is 27.7. The lowest BCUT2D eigenvalue weighted by Gasteiger charge is -2.33.